The first-order valence-corrected chi connectivity index (χ1v) is 9.73. The fraction of sp³-hybridized carbons (Fsp3) is 0.500. The number of halogens is 1. The number of morpholine rings is 1. The second-order valence-corrected chi connectivity index (χ2v) is 8.31. The summed E-state index contributed by atoms with van der Waals surface area (Å²) in [6, 6.07) is 1.05. The number of carboxylic acids is 1. The molecule has 2 N–H and O–H groups in total. The van der Waals surface area contributed by atoms with Gasteiger partial charge in [-0.25, -0.2) is 13.9 Å². The monoisotopic (exact) mass is 401 g/mol. The molecule has 0 radical (unpaired) electrons. The third-order valence-electron chi connectivity index (χ3n) is 4.71. The lowest BCUT2D eigenvalue weighted by Crippen LogP contribution is -2.54. The van der Waals surface area contributed by atoms with Gasteiger partial charge in [-0.1, -0.05) is 0 Å². The standard InChI is InChI=1S/C16H20FN3O6S/c1-19(2)14-6-11(16(22)23)13(17)5-12(14)15(21)18-27(24,25)20-9-3-4-10(20)8-26-7-9/h5-6,9-10H,3-4,7-8H2,1-2H3,(H,18,21)(H,22,23). The number of hydrogen-bond donors (Lipinski definition) is 2. The number of carboxylic acid groups (broad SMARTS) is 1. The highest BCUT2D eigenvalue weighted by Gasteiger charge is 2.45. The number of amides is 1. The van der Waals surface area contributed by atoms with E-state index in [4.69, 9.17) is 9.84 Å². The minimum Gasteiger partial charge on any atom is -0.478 e. The van der Waals surface area contributed by atoms with Crippen LogP contribution in [-0.4, -0.2) is 69.1 Å². The van der Waals surface area contributed by atoms with Gasteiger partial charge in [-0.15, -0.1) is 0 Å². The second kappa shape index (κ2) is 7.06. The maximum absolute atomic E-state index is 14.1. The number of ether oxygens (including phenoxy) is 1. The molecule has 2 aliphatic heterocycles. The molecule has 2 bridgehead atoms. The van der Waals surface area contributed by atoms with Crippen LogP contribution in [0, 0.1) is 5.82 Å². The van der Waals surface area contributed by atoms with Gasteiger partial charge in [0.25, 0.3) is 5.91 Å². The Balaban J connectivity index is 1.92. The maximum atomic E-state index is 14.1. The predicted molar refractivity (Wildman–Crippen MR) is 93.5 cm³/mol. The average Bonchev–Trinajstić information content (AvgIpc) is 2.85. The van der Waals surface area contributed by atoms with Gasteiger partial charge in [0.15, 0.2) is 0 Å². The minimum atomic E-state index is -4.15. The quantitative estimate of drug-likeness (QED) is 0.735. The van der Waals surface area contributed by atoms with Crippen molar-refractivity contribution in [3.8, 4) is 0 Å². The number of carbonyl (C=O) groups excluding carboxylic acids is 1. The van der Waals surface area contributed by atoms with E-state index >= 15 is 0 Å². The molecule has 27 heavy (non-hydrogen) atoms. The molecule has 2 fully saturated rings. The third-order valence-corrected chi connectivity index (χ3v) is 6.31. The number of rotatable bonds is 5. The summed E-state index contributed by atoms with van der Waals surface area (Å²) in [7, 11) is -1.08. The van der Waals surface area contributed by atoms with Crippen molar-refractivity contribution < 1.29 is 32.2 Å². The summed E-state index contributed by atoms with van der Waals surface area (Å²) in [6.45, 7) is 0.521. The smallest absolute Gasteiger partial charge is 0.338 e. The van der Waals surface area contributed by atoms with E-state index in [9.17, 15) is 22.4 Å². The molecule has 2 atom stereocenters. The van der Waals surface area contributed by atoms with Crippen molar-refractivity contribution in [3.05, 3.63) is 29.1 Å². The number of nitrogens with one attached hydrogen (secondary N) is 1. The van der Waals surface area contributed by atoms with Gasteiger partial charge in [0.1, 0.15) is 5.82 Å². The van der Waals surface area contributed by atoms with E-state index in [1.54, 1.807) is 0 Å². The van der Waals surface area contributed by atoms with E-state index in [0.717, 1.165) is 12.1 Å². The zero-order chi connectivity index (χ0) is 19.9. The molecule has 11 heteroatoms. The first-order valence-electron chi connectivity index (χ1n) is 8.29. The van der Waals surface area contributed by atoms with Crippen molar-refractivity contribution in [1.29, 1.82) is 0 Å². The van der Waals surface area contributed by atoms with Crippen molar-refractivity contribution in [2.75, 3.05) is 32.2 Å². The van der Waals surface area contributed by atoms with Gasteiger partial charge in [-0.2, -0.15) is 12.7 Å². The van der Waals surface area contributed by atoms with Crippen LogP contribution >= 0.6 is 0 Å². The minimum absolute atomic E-state index is 0.0893. The topological polar surface area (TPSA) is 116 Å². The zero-order valence-electron chi connectivity index (χ0n) is 14.8. The first kappa shape index (κ1) is 19.5. The predicted octanol–water partition coefficient (Wildman–Crippen LogP) is 0.428. The van der Waals surface area contributed by atoms with Crippen LogP contribution < -0.4 is 9.62 Å². The summed E-state index contributed by atoms with van der Waals surface area (Å²) >= 11 is 0. The fourth-order valence-electron chi connectivity index (χ4n) is 3.49. The van der Waals surface area contributed by atoms with Crippen LogP contribution in [0.1, 0.15) is 33.6 Å². The number of benzene rings is 1. The van der Waals surface area contributed by atoms with Crippen LogP contribution in [0.2, 0.25) is 0 Å². The normalized spacial score (nSPS) is 22.5. The Hall–Kier alpha value is -2.24. The van der Waals surface area contributed by atoms with Crippen LogP contribution in [0.5, 0.6) is 0 Å². The van der Waals surface area contributed by atoms with E-state index in [1.807, 2.05) is 4.72 Å². The molecule has 9 nitrogen and oxygen atoms in total. The third kappa shape index (κ3) is 3.62. The lowest BCUT2D eigenvalue weighted by molar-refractivity contribution is 0.0263. The Bertz CT molecular complexity index is 872. The zero-order valence-corrected chi connectivity index (χ0v) is 15.6. The maximum Gasteiger partial charge on any atom is 0.338 e. The van der Waals surface area contributed by atoms with Gasteiger partial charge in [-0.05, 0) is 25.0 Å². The number of hydrogen-bond acceptors (Lipinski definition) is 6. The van der Waals surface area contributed by atoms with Crippen molar-refractivity contribution in [2.24, 2.45) is 0 Å². The molecule has 2 heterocycles. The van der Waals surface area contributed by atoms with E-state index in [2.05, 4.69) is 0 Å². The highest BCUT2D eigenvalue weighted by atomic mass is 32.2. The summed E-state index contributed by atoms with van der Waals surface area (Å²) in [5, 5.41) is 9.05. The van der Waals surface area contributed by atoms with Crippen molar-refractivity contribution in [2.45, 2.75) is 24.9 Å². The Labute approximate surface area is 155 Å². The summed E-state index contributed by atoms with van der Waals surface area (Å²) in [5.74, 6) is -3.64. The lowest BCUT2D eigenvalue weighted by atomic mass is 10.1. The Morgan fingerprint density at radius 1 is 1.22 bits per heavy atom. The molecule has 2 unspecified atom stereocenters. The molecule has 3 rings (SSSR count). The molecule has 0 saturated carbocycles. The van der Waals surface area contributed by atoms with Crippen molar-refractivity contribution >= 4 is 27.8 Å². The first-order chi connectivity index (χ1) is 12.6. The van der Waals surface area contributed by atoms with E-state index in [0.29, 0.717) is 12.8 Å². The number of nitrogens with zero attached hydrogens (tertiary/aromatic N) is 2. The van der Waals surface area contributed by atoms with Gasteiger partial charge < -0.3 is 14.7 Å². The van der Waals surface area contributed by atoms with Crippen LogP contribution in [0.3, 0.4) is 0 Å². The summed E-state index contributed by atoms with van der Waals surface area (Å²) in [5.41, 5.74) is -0.789. The molecule has 148 valence electrons. The Morgan fingerprint density at radius 2 is 1.81 bits per heavy atom. The molecule has 0 spiro atoms. The Kier molecular flexibility index (Phi) is 5.10. The number of carbonyl (C=O) groups is 2. The van der Waals surface area contributed by atoms with E-state index < -0.39 is 33.5 Å². The van der Waals surface area contributed by atoms with E-state index in [-0.39, 0.29) is 36.5 Å². The van der Waals surface area contributed by atoms with Crippen LogP contribution in [0.15, 0.2) is 12.1 Å². The molecule has 0 aliphatic carbocycles. The Morgan fingerprint density at radius 3 is 2.33 bits per heavy atom. The number of anilines is 1. The summed E-state index contributed by atoms with van der Waals surface area (Å²) in [6.07, 6.45) is 1.29. The molecular weight excluding hydrogens is 381 g/mol. The largest absolute Gasteiger partial charge is 0.478 e. The van der Waals surface area contributed by atoms with Crippen molar-refractivity contribution in [1.82, 2.24) is 9.03 Å². The molecule has 1 amide bonds. The van der Waals surface area contributed by atoms with Gasteiger partial charge in [0.05, 0.1) is 42.1 Å². The molecule has 1 aromatic rings. The molecule has 1 aromatic carbocycles. The molecule has 2 aliphatic rings. The van der Waals surface area contributed by atoms with Gasteiger partial charge in [0, 0.05) is 14.1 Å². The van der Waals surface area contributed by atoms with Gasteiger partial charge in [-0.3, -0.25) is 4.79 Å². The van der Waals surface area contributed by atoms with Crippen LogP contribution in [0.25, 0.3) is 0 Å². The lowest BCUT2D eigenvalue weighted by Gasteiger charge is -2.33. The average molecular weight is 401 g/mol. The fourth-order valence-corrected chi connectivity index (χ4v) is 5.05. The number of aromatic carboxylic acids is 1. The molecule has 0 aromatic heterocycles. The summed E-state index contributed by atoms with van der Waals surface area (Å²) < 4.78 is 48.0. The van der Waals surface area contributed by atoms with E-state index in [1.165, 1.54) is 23.3 Å². The second-order valence-electron chi connectivity index (χ2n) is 6.74. The van der Waals surface area contributed by atoms with Gasteiger partial charge in [0.2, 0.25) is 0 Å². The summed E-state index contributed by atoms with van der Waals surface area (Å²) in [4.78, 5) is 25.1. The van der Waals surface area contributed by atoms with Crippen molar-refractivity contribution in [3.63, 3.8) is 0 Å². The highest BCUT2D eigenvalue weighted by molar-refractivity contribution is 7.87. The van der Waals surface area contributed by atoms with Crippen LogP contribution in [0.4, 0.5) is 10.1 Å². The highest BCUT2D eigenvalue weighted by Crippen LogP contribution is 2.31. The van der Waals surface area contributed by atoms with Crippen LogP contribution in [-0.2, 0) is 14.9 Å². The molecular formula is C16H20FN3O6S. The SMILES string of the molecule is CN(C)c1cc(C(=O)O)c(F)cc1C(=O)NS(=O)(=O)N1C2CCC1COC2. The van der Waals surface area contributed by atoms with Gasteiger partial charge >= 0.3 is 16.2 Å². The number of fused-ring (bicyclic) bond motifs is 2. The molecule has 2 saturated heterocycles.